The Morgan fingerprint density at radius 3 is 2.35 bits per heavy atom. The van der Waals surface area contributed by atoms with E-state index in [1.54, 1.807) is 55.6 Å². The summed E-state index contributed by atoms with van der Waals surface area (Å²) in [5.74, 6) is 0.671. The van der Waals surface area contributed by atoms with Crippen LogP contribution in [0.2, 0.25) is 0 Å². The second-order valence-corrected chi connectivity index (χ2v) is 6.70. The van der Waals surface area contributed by atoms with Crippen LogP contribution in [0.5, 0.6) is 11.5 Å². The summed E-state index contributed by atoms with van der Waals surface area (Å²) in [5.41, 5.74) is 5.52. The number of hydrogen-bond donors (Lipinski definition) is 2. The minimum atomic E-state index is -0.321. The van der Waals surface area contributed by atoms with E-state index in [-0.39, 0.29) is 18.4 Å². The molecular weight excluding hydrogens is 394 g/mol. The number of anilines is 1. The Morgan fingerprint density at radius 2 is 1.68 bits per heavy atom. The topological polar surface area (TPSA) is 89.0 Å². The highest BCUT2D eigenvalue weighted by Crippen LogP contribution is 2.13. The summed E-state index contributed by atoms with van der Waals surface area (Å²) in [6, 6.07) is 21.3. The summed E-state index contributed by atoms with van der Waals surface area (Å²) in [4.78, 5) is 24.1. The van der Waals surface area contributed by atoms with E-state index in [4.69, 9.17) is 9.47 Å². The summed E-state index contributed by atoms with van der Waals surface area (Å²) in [6.07, 6.45) is 1.52. The van der Waals surface area contributed by atoms with E-state index in [9.17, 15) is 9.59 Å². The van der Waals surface area contributed by atoms with Crippen LogP contribution in [-0.2, 0) is 4.79 Å². The van der Waals surface area contributed by atoms with Gasteiger partial charge in [0, 0.05) is 11.3 Å². The van der Waals surface area contributed by atoms with Crippen molar-refractivity contribution in [2.24, 2.45) is 5.10 Å². The second kappa shape index (κ2) is 10.6. The Balaban J connectivity index is 1.45. The van der Waals surface area contributed by atoms with E-state index in [0.717, 1.165) is 16.8 Å². The van der Waals surface area contributed by atoms with E-state index < -0.39 is 0 Å². The van der Waals surface area contributed by atoms with Crippen LogP contribution < -0.4 is 20.2 Å². The molecular formula is C24H23N3O4. The Kier molecular flexibility index (Phi) is 7.37. The molecule has 0 bridgehead atoms. The molecule has 7 heteroatoms. The lowest BCUT2D eigenvalue weighted by Crippen LogP contribution is -2.20. The molecule has 0 fully saturated rings. The predicted octanol–water partition coefficient (Wildman–Crippen LogP) is 3.79. The van der Waals surface area contributed by atoms with Crippen LogP contribution in [0.3, 0.4) is 0 Å². The molecule has 31 heavy (non-hydrogen) atoms. The number of ether oxygens (including phenoxy) is 2. The molecule has 158 valence electrons. The Bertz CT molecular complexity index is 1060. The van der Waals surface area contributed by atoms with E-state index in [0.29, 0.717) is 17.1 Å². The largest absolute Gasteiger partial charge is 0.497 e. The lowest BCUT2D eigenvalue weighted by Gasteiger charge is -2.08. The van der Waals surface area contributed by atoms with Crippen molar-refractivity contribution < 1.29 is 19.1 Å². The van der Waals surface area contributed by atoms with E-state index in [1.807, 2.05) is 31.2 Å². The normalized spacial score (nSPS) is 10.5. The Hall–Kier alpha value is -4.13. The summed E-state index contributed by atoms with van der Waals surface area (Å²) in [5, 5.41) is 6.75. The zero-order valence-corrected chi connectivity index (χ0v) is 17.3. The fourth-order valence-electron chi connectivity index (χ4n) is 2.69. The van der Waals surface area contributed by atoms with Gasteiger partial charge < -0.3 is 14.8 Å². The molecule has 3 aromatic rings. The first-order valence-electron chi connectivity index (χ1n) is 9.60. The van der Waals surface area contributed by atoms with Crippen LogP contribution >= 0.6 is 0 Å². The lowest BCUT2D eigenvalue weighted by molar-refractivity contribution is -0.118. The van der Waals surface area contributed by atoms with Crippen molar-refractivity contribution in [2.45, 2.75) is 6.92 Å². The van der Waals surface area contributed by atoms with Crippen molar-refractivity contribution in [3.63, 3.8) is 0 Å². The molecule has 0 heterocycles. The van der Waals surface area contributed by atoms with Crippen LogP contribution in [0.1, 0.15) is 21.5 Å². The minimum absolute atomic E-state index is 0.0979. The molecule has 0 saturated carbocycles. The zero-order chi connectivity index (χ0) is 22.1. The highest BCUT2D eigenvalue weighted by atomic mass is 16.5. The zero-order valence-electron chi connectivity index (χ0n) is 17.3. The average molecular weight is 417 g/mol. The molecule has 0 aliphatic rings. The number of amides is 2. The van der Waals surface area contributed by atoms with Crippen LogP contribution in [0.4, 0.5) is 5.69 Å². The van der Waals surface area contributed by atoms with Gasteiger partial charge in [0.1, 0.15) is 11.5 Å². The summed E-state index contributed by atoms with van der Waals surface area (Å²) in [6.45, 7) is 1.86. The summed E-state index contributed by atoms with van der Waals surface area (Å²) >= 11 is 0. The lowest BCUT2D eigenvalue weighted by atomic mass is 10.2. The van der Waals surface area contributed by atoms with Crippen LogP contribution in [0, 0.1) is 6.92 Å². The number of methoxy groups -OCH3 is 1. The van der Waals surface area contributed by atoms with Gasteiger partial charge in [-0.15, -0.1) is 0 Å². The number of nitrogens with one attached hydrogen (secondary N) is 2. The van der Waals surface area contributed by atoms with Crippen molar-refractivity contribution in [2.75, 3.05) is 19.0 Å². The number of nitrogens with zero attached hydrogens (tertiary/aromatic N) is 1. The van der Waals surface area contributed by atoms with Crippen molar-refractivity contribution >= 4 is 23.7 Å². The standard InChI is InChI=1S/C24H23N3O4/c1-17-4-3-5-20(14-17)26-23(28)16-31-22-10-6-18(7-11-22)15-25-27-24(29)19-8-12-21(30-2)13-9-19/h3-15H,16H2,1-2H3,(H,26,28)(H,27,29)/b25-15-. The van der Waals surface area contributed by atoms with Gasteiger partial charge in [0.15, 0.2) is 6.61 Å². The maximum Gasteiger partial charge on any atom is 0.271 e. The second-order valence-electron chi connectivity index (χ2n) is 6.70. The predicted molar refractivity (Wildman–Crippen MR) is 120 cm³/mol. The maximum absolute atomic E-state index is 12.1. The van der Waals surface area contributed by atoms with Gasteiger partial charge in [0.2, 0.25) is 0 Å². The summed E-state index contributed by atoms with van der Waals surface area (Å²) in [7, 11) is 1.57. The molecule has 2 N–H and O–H groups in total. The van der Waals surface area contributed by atoms with Gasteiger partial charge in [0.05, 0.1) is 13.3 Å². The third-order valence-corrected chi connectivity index (χ3v) is 4.28. The number of benzene rings is 3. The van der Waals surface area contributed by atoms with Gasteiger partial charge in [-0.2, -0.15) is 5.10 Å². The fraction of sp³-hybridized carbons (Fsp3) is 0.125. The average Bonchev–Trinajstić information content (AvgIpc) is 2.78. The number of rotatable bonds is 8. The van der Waals surface area contributed by atoms with Gasteiger partial charge >= 0.3 is 0 Å². The summed E-state index contributed by atoms with van der Waals surface area (Å²) < 4.78 is 10.6. The van der Waals surface area contributed by atoms with Gasteiger partial charge in [-0.05, 0) is 78.7 Å². The molecule has 0 aliphatic carbocycles. The Labute approximate surface area is 180 Å². The minimum Gasteiger partial charge on any atom is -0.497 e. The number of hydrogen-bond acceptors (Lipinski definition) is 5. The van der Waals surface area contributed by atoms with Crippen molar-refractivity contribution in [1.29, 1.82) is 0 Å². The third-order valence-electron chi connectivity index (χ3n) is 4.28. The first-order chi connectivity index (χ1) is 15.0. The number of aryl methyl sites for hydroxylation is 1. The molecule has 0 unspecified atom stereocenters. The number of carbonyl (C=O) groups excluding carboxylic acids is 2. The van der Waals surface area contributed by atoms with Crippen molar-refractivity contribution in [3.8, 4) is 11.5 Å². The molecule has 0 aromatic heterocycles. The smallest absolute Gasteiger partial charge is 0.271 e. The molecule has 3 aromatic carbocycles. The maximum atomic E-state index is 12.1. The number of hydrazone groups is 1. The number of carbonyl (C=O) groups is 2. The first kappa shape index (κ1) is 21.6. The van der Waals surface area contributed by atoms with Crippen LogP contribution in [0.25, 0.3) is 0 Å². The molecule has 0 atom stereocenters. The quantitative estimate of drug-likeness (QED) is 0.431. The van der Waals surface area contributed by atoms with Gasteiger partial charge in [-0.1, -0.05) is 12.1 Å². The van der Waals surface area contributed by atoms with Gasteiger partial charge in [-0.3, -0.25) is 9.59 Å². The first-order valence-corrected chi connectivity index (χ1v) is 9.60. The van der Waals surface area contributed by atoms with Crippen molar-refractivity contribution in [1.82, 2.24) is 5.43 Å². The third kappa shape index (κ3) is 6.71. The van der Waals surface area contributed by atoms with E-state index in [1.165, 1.54) is 6.21 Å². The fourth-order valence-corrected chi connectivity index (χ4v) is 2.69. The SMILES string of the molecule is COc1ccc(C(=O)N/N=C\c2ccc(OCC(=O)Nc3cccc(C)c3)cc2)cc1. The molecule has 0 radical (unpaired) electrons. The highest BCUT2D eigenvalue weighted by Gasteiger charge is 2.05. The molecule has 7 nitrogen and oxygen atoms in total. The molecule has 2 amide bonds. The molecule has 0 aliphatic heterocycles. The van der Waals surface area contributed by atoms with E-state index >= 15 is 0 Å². The van der Waals surface area contributed by atoms with Crippen LogP contribution in [0.15, 0.2) is 77.9 Å². The molecule has 0 saturated heterocycles. The Morgan fingerprint density at radius 1 is 0.968 bits per heavy atom. The van der Waals surface area contributed by atoms with E-state index in [2.05, 4.69) is 15.8 Å². The highest BCUT2D eigenvalue weighted by molar-refractivity contribution is 5.95. The monoisotopic (exact) mass is 417 g/mol. The molecule has 3 rings (SSSR count). The molecule has 0 spiro atoms. The van der Waals surface area contributed by atoms with Crippen molar-refractivity contribution in [3.05, 3.63) is 89.5 Å². The van der Waals surface area contributed by atoms with Gasteiger partial charge in [-0.25, -0.2) is 5.43 Å². The van der Waals surface area contributed by atoms with Crippen LogP contribution in [-0.4, -0.2) is 31.7 Å². The van der Waals surface area contributed by atoms with Gasteiger partial charge in [0.25, 0.3) is 11.8 Å².